The second-order valence-corrected chi connectivity index (χ2v) is 4.76. The normalized spacial score (nSPS) is 30.7. The van der Waals surface area contributed by atoms with Gasteiger partial charge in [0.25, 0.3) is 0 Å². The minimum absolute atomic E-state index is 0.573. The summed E-state index contributed by atoms with van der Waals surface area (Å²) < 4.78 is 0. The van der Waals surface area contributed by atoms with Gasteiger partial charge in [0, 0.05) is 6.54 Å². The van der Waals surface area contributed by atoms with Crippen LogP contribution in [0.4, 0.5) is 0 Å². The highest BCUT2D eigenvalue weighted by atomic mass is 16.4. The van der Waals surface area contributed by atoms with Crippen molar-refractivity contribution >= 4 is 5.97 Å². The SMILES string of the molecule is C=CCNC1(C(=O)O)CCCC(CC)CC1. The maximum Gasteiger partial charge on any atom is 0.323 e. The van der Waals surface area contributed by atoms with Crippen LogP contribution in [0, 0.1) is 5.92 Å². The summed E-state index contributed by atoms with van der Waals surface area (Å²) in [6, 6.07) is 0. The van der Waals surface area contributed by atoms with Gasteiger partial charge >= 0.3 is 5.97 Å². The minimum atomic E-state index is -0.710. The van der Waals surface area contributed by atoms with Crippen LogP contribution in [0.3, 0.4) is 0 Å². The minimum Gasteiger partial charge on any atom is -0.480 e. The topological polar surface area (TPSA) is 49.3 Å². The number of hydrogen-bond acceptors (Lipinski definition) is 2. The van der Waals surface area contributed by atoms with Gasteiger partial charge in [0.15, 0.2) is 0 Å². The molecular formula is C13H23NO2. The van der Waals surface area contributed by atoms with E-state index in [0.717, 1.165) is 32.1 Å². The molecule has 0 amide bonds. The number of carbonyl (C=O) groups is 1. The van der Waals surface area contributed by atoms with E-state index in [1.54, 1.807) is 6.08 Å². The molecule has 16 heavy (non-hydrogen) atoms. The van der Waals surface area contributed by atoms with Crippen molar-refractivity contribution < 1.29 is 9.90 Å². The van der Waals surface area contributed by atoms with E-state index in [9.17, 15) is 9.90 Å². The first-order valence-electron chi connectivity index (χ1n) is 6.24. The van der Waals surface area contributed by atoms with Gasteiger partial charge in [0.2, 0.25) is 0 Å². The third-order valence-corrected chi connectivity index (χ3v) is 3.77. The molecular weight excluding hydrogens is 202 g/mol. The van der Waals surface area contributed by atoms with Crippen LogP contribution in [0.2, 0.25) is 0 Å². The largest absolute Gasteiger partial charge is 0.480 e. The molecule has 92 valence electrons. The number of rotatable bonds is 5. The van der Waals surface area contributed by atoms with Gasteiger partial charge in [-0.05, 0) is 25.2 Å². The van der Waals surface area contributed by atoms with Crippen LogP contribution in [-0.2, 0) is 4.79 Å². The molecule has 0 aromatic heterocycles. The molecule has 0 aliphatic heterocycles. The zero-order chi connectivity index (χ0) is 12.0. The fourth-order valence-electron chi connectivity index (χ4n) is 2.55. The highest BCUT2D eigenvalue weighted by Crippen LogP contribution is 2.32. The second-order valence-electron chi connectivity index (χ2n) is 4.76. The predicted octanol–water partition coefficient (Wildman–Crippen LogP) is 2.58. The average Bonchev–Trinajstić information content (AvgIpc) is 2.49. The summed E-state index contributed by atoms with van der Waals surface area (Å²) in [5, 5.41) is 12.6. The quantitative estimate of drug-likeness (QED) is 0.558. The molecule has 0 radical (unpaired) electrons. The lowest BCUT2D eigenvalue weighted by molar-refractivity contribution is -0.145. The molecule has 0 aromatic carbocycles. The standard InChI is InChI=1S/C13H23NO2/c1-3-10-14-13(12(15)16)8-5-6-11(4-2)7-9-13/h3,11,14H,1,4-10H2,2H3,(H,15,16). The summed E-state index contributed by atoms with van der Waals surface area (Å²) in [7, 11) is 0. The van der Waals surface area contributed by atoms with Gasteiger partial charge in [-0.3, -0.25) is 10.1 Å². The molecule has 2 unspecified atom stereocenters. The second kappa shape index (κ2) is 6.04. The van der Waals surface area contributed by atoms with Crippen LogP contribution in [0.1, 0.15) is 45.4 Å². The summed E-state index contributed by atoms with van der Waals surface area (Å²) in [4.78, 5) is 11.4. The van der Waals surface area contributed by atoms with Crippen molar-refractivity contribution in [3.8, 4) is 0 Å². The van der Waals surface area contributed by atoms with Gasteiger partial charge in [-0.2, -0.15) is 0 Å². The van der Waals surface area contributed by atoms with Crippen molar-refractivity contribution in [2.45, 2.75) is 51.0 Å². The van der Waals surface area contributed by atoms with Gasteiger partial charge in [-0.1, -0.05) is 32.3 Å². The maximum absolute atomic E-state index is 11.4. The van der Waals surface area contributed by atoms with E-state index >= 15 is 0 Å². The monoisotopic (exact) mass is 225 g/mol. The van der Waals surface area contributed by atoms with E-state index in [2.05, 4.69) is 18.8 Å². The summed E-state index contributed by atoms with van der Waals surface area (Å²) in [6.07, 6.45) is 7.58. The summed E-state index contributed by atoms with van der Waals surface area (Å²) in [6.45, 7) is 6.40. The molecule has 1 rings (SSSR count). The molecule has 2 N–H and O–H groups in total. The molecule has 1 aliphatic rings. The molecule has 1 aliphatic carbocycles. The van der Waals surface area contributed by atoms with E-state index in [4.69, 9.17) is 0 Å². The third kappa shape index (κ3) is 3.08. The molecule has 0 aromatic rings. The number of nitrogens with one attached hydrogen (secondary N) is 1. The summed E-state index contributed by atoms with van der Waals surface area (Å²) in [5.74, 6) is -0.00198. The number of hydrogen-bond donors (Lipinski definition) is 2. The van der Waals surface area contributed by atoms with Gasteiger partial charge in [0.1, 0.15) is 5.54 Å². The molecule has 3 nitrogen and oxygen atoms in total. The Labute approximate surface area is 97.9 Å². The number of aliphatic carboxylic acids is 1. The zero-order valence-corrected chi connectivity index (χ0v) is 10.2. The molecule has 0 saturated heterocycles. The molecule has 1 fully saturated rings. The lowest BCUT2D eigenvalue weighted by Gasteiger charge is -2.29. The molecule has 1 saturated carbocycles. The molecule has 0 spiro atoms. The molecule has 0 bridgehead atoms. The van der Waals surface area contributed by atoms with Crippen LogP contribution in [0.25, 0.3) is 0 Å². The van der Waals surface area contributed by atoms with Crippen LogP contribution >= 0.6 is 0 Å². The maximum atomic E-state index is 11.4. The van der Waals surface area contributed by atoms with E-state index in [1.807, 2.05) is 0 Å². The van der Waals surface area contributed by atoms with E-state index in [0.29, 0.717) is 12.5 Å². The first kappa shape index (κ1) is 13.2. The smallest absolute Gasteiger partial charge is 0.323 e. The Morgan fingerprint density at radius 2 is 2.31 bits per heavy atom. The Bertz CT molecular complexity index is 252. The van der Waals surface area contributed by atoms with Crippen LogP contribution in [0.15, 0.2) is 12.7 Å². The van der Waals surface area contributed by atoms with E-state index < -0.39 is 11.5 Å². The summed E-state index contributed by atoms with van der Waals surface area (Å²) >= 11 is 0. The van der Waals surface area contributed by atoms with Crippen molar-refractivity contribution in [1.29, 1.82) is 0 Å². The zero-order valence-electron chi connectivity index (χ0n) is 10.2. The van der Waals surface area contributed by atoms with E-state index in [-0.39, 0.29) is 0 Å². The lowest BCUT2D eigenvalue weighted by Crippen LogP contribution is -2.51. The molecule has 2 atom stereocenters. The predicted molar refractivity (Wildman–Crippen MR) is 65.4 cm³/mol. The fraction of sp³-hybridized carbons (Fsp3) is 0.769. The lowest BCUT2D eigenvalue weighted by atomic mass is 9.89. The Morgan fingerprint density at radius 3 is 2.88 bits per heavy atom. The van der Waals surface area contributed by atoms with Gasteiger partial charge in [0.05, 0.1) is 0 Å². The van der Waals surface area contributed by atoms with Crippen molar-refractivity contribution in [2.75, 3.05) is 6.54 Å². The van der Waals surface area contributed by atoms with Gasteiger partial charge in [-0.15, -0.1) is 6.58 Å². The van der Waals surface area contributed by atoms with Crippen molar-refractivity contribution in [1.82, 2.24) is 5.32 Å². The van der Waals surface area contributed by atoms with Crippen molar-refractivity contribution in [2.24, 2.45) is 5.92 Å². The average molecular weight is 225 g/mol. The van der Waals surface area contributed by atoms with Crippen molar-refractivity contribution in [3.63, 3.8) is 0 Å². The third-order valence-electron chi connectivity index (χ3n) is 3.77. The van der Waals surface area contributed by atoms with E-state index in [1.165, 1.54) is 6.42 Å². The fourth-order valence-corrected chi connectivity index (χ4v) is 2.55. The number of carboxylic acid groups (broad SMARTS) is 1. The summed E-state index contributed by atoms with van der Waals surface area (Å²) in [5.41, 5.74) is -0.710. The first-order chi connectivity index (χ1) is 7.64. The Morgan fingerprint density at radius 1 is 1.56 bits per heavy atom. The van der Waals surface area contributed by atoms with Crippen LogP contribution in [-0.4, -0.2) is 23.2 Å². The first-order valence-corrected chi connectivity index (χ1v) is 6.24. The highest BCUT2D eigenvalue weighted by Gasteiger charge is 2.39. The van der Waals surface area contributed by atoms with Crippen LogP contribution < -0.4 is 5.32 Å². The Hall–Kier alpha value is -0.830. The molecule has 3 heteroatoms. The highest BCUT2D eigenvalue weighted by molar-refractivity contribution is 5.78. The number of carboxylic acids is 1. The van der Waals surface area contributed by atoms with Crippen molar-refractivity contribution in [3.05, 3.63) is 12.7 Å². The Kier molecular flexibility index (Phi) is 5.00. The van der Waals surface area contributed by atoms with Crippen LogP contribution in [0.5, 0.6) is 0 Å². The van der Waals surface area contributed by atoms with Gasteiger partial charge < -0.3 is 5.11 Å². The van der Waals surface area contributed by atoms with Gasteiger partial charge in [-0.25, -0.2) is 0 Å². The Balaban J connectivity index is 2.69. The molecule has 0 heterocycles.